The van der Waals surface area contributed by atoms with Crippen LogP contribution in [-0.4, -0.2) is 38.1 Å². The standard InChI is InChI=1S/C14H16BrNO2/c1-16-7-6-12(13(9-16)14(17)18-2)10-4-3-5-11(15)8-10/h3-5,8H,6-7,9H2,1-2H3. The molecule has 1 aromatic rings. The van der Waals surface area contributed by atoms with E-state index in [0.717, 1.165) is 34.1 Å². The molecule has 96 valence electrons. The number of carbonyl (C=O) groups is 1. The first kappa shape index (κ1) is 13.3. The lowest BCUT2D eigenvalue weighted by molar-refractivity contribution is -0.136. The van der Waals surface area contributed by atoms with E-state index in [0.29, 0.717) is 6.54 Å². The van der Waals surface area contributed by atoms with Gasteiger partial charge in [-0.2, -0.15) is 0 Å². The van der Waals surface area contributed by atoms with Crippen LogP contribution in [-0.2, 0) is 9.53 Å². The van der Waals surface area contributed by atoms with Gasteiger partial charge in [0.1, 0.15) is 0 Å². The van der Waals surface area contributed by atoms with Crippen molar-refractivity contribution in [3.63, 3.8) is 0 Å². The smallest absolute Gasteiger partial charge is 0.335 e. The lowest BCUT2D eigenvalue weighted by Gasteiger charge is -2.26. The minimum atomic E-state index is -0.225. The van der Waals surface area contributed by atoms with Gasteiger partial charge in [0.05, 0.1) is 12.7 Å². The normalized spacial score (nSPS) is 16.8. The molecule has 0 saturated heterocycles. The second kappa shape index (κ2) is 5.67. The molecule has 0 spiro atoms. The fraction of sp³-hybridized carbons (Fsp3) is 0.357. The molecule has 0 aliphatic carbocycles. The van der Waals surface area contributed by atoms with Crippen LogP contribution in [0.15, 0.2) is 34.3 Å². The van der Waals surface area contributed by atoms with Gasteiger partial charge >= 0.3 is 5.97 Å². The number of esters is 1. The third-order valence-corrected chi connectivity index (χ3v) is 3.63. The van der Waals surface area contributed by atoms with Crippen LogP contribution in [0.5, 0.6) is 0 Å². The summed E-state index contributed by atoms with van der Waals surface area (Å²) in [4.78, 5) is 14.0. The van der Waals surface area contributed by atoms with Gasteiger partial charge in [0.25, 0.3) is 0 Å². The average molecular weight is 310 g/mol. The van der Waals surface area contributed by atoms with Crippen molar-refractivity contribution in [1.29, 1.82) is 0 Å². The van der Waals surface area contributed by atoms with Crippen molar-refractivity contribution in [2.45, 2.75) is 6.42 Å². The minimum absolute atomic E-state index is 0.225. The van der Waals surface area contributed by atoms with E-state index in [-0.39, 0.29) is 5.97 Å². The predicted molar refractivity (Wildman–Crippen MR) is 75.2 cm³/mol. The van der Waals surface area contributed by atoms with Crippen LogP contribution in [0, 0.1) is 0 Å². The highest BCUT2D eigenvalue weighted by molar-refractivity contribution is 9.10. The summed E-state index contributed by atoms with van der Waals surface area (Å²) in [7, 11) is 3.45. The van der Waals surface area contributed by atoms with E-state index in [1.165, 1.54) is 7.11 Å². The molecule has 1 aliphatic heterocycles. The molecule has 3 nitrogen and oxygen atoms in total. The van der Waals surface area contributed by atoms with E-state index in [1.54, 1.807) is 0 Å². The van der Waals surface area contributed by atoms with Gasteiger partial charge in [-0.3, -0.25) is 0 Å². The number of nitrogens with zero attached hydrogens (tertiary/aromatic N) is 1. The van der Waals surface area contributed by atoms with Crippen molar-refractivity contribution < 1.29 is 9.53 Å². The van der Waals surface area contributed by atoms with Crippen molar-refractivity contribution >= 4 is 27.5 Å². The van der Waals surface area contributed by atoms with Crippen molar-refractivity contribution in [2.75, 3.05) is 27.2 Å². The van der Waals surface area contributed by atoms with Crippen LogP contribution in [0.2, 0.25) is 0 Å². The summed E-state index contributed by atoms with van der Waals surface area (Å²) < 4.78 is 5.91. The lowest BCUT2D eigenvalue weighted by atomic mass is 9.93. The molecule has 0 unspecified atom stereocenters. The van der Waals surface area contributed by atoms with Gasteiger partial charge in [-0.15, -0.1) is 0 Å². The molecule has 0 fully saturated rings. The van der Waals surface area contributed by atoms with Crippen molar-refractivity contribution in [2.24, 2.45) is 0 Å². The van der Waals surface area contributed by atoms with Gasteiger partial charge in [0.2, 0.25) is 0 Å². The predicted octanol–water partition coefficient (Wildman–Crippen LogP) is 2.71. The highest BCUT2D eigenvalue weighted by Gasteiger charge is 2.23. The van der Waals surface area contributed by atoms with Crippen LogP contribution < -0.4 is 0 Å². The van der Waals surface area contributed by atoms with E-state index in [9.17, 15) is 4.79 Å². The van der Waals surface area contributed by atoms with Gasteiger partial charge in [0.15, 0.2) is 0 Å². The van der Waals surface area contributed by atoms with Gasteiger partial charge in [0, 0.05) is 17.6 Å². The third-order valence-electron chi connectivity index (χ3n) is 3.14. The second-order valence-electron chi connectivity index (χ2n) is 4.45. The van der Waals surface area contributed by atoms with Gasteiger partial charge in [-0.25, -0.2) is 4.79 Å². The summed E-state index contributed by atoms with van der Waals surface area (Å²) in [5, 5.41) is 0. The van der Waals surface area contributed by atoms with Crippen LogP contribution in [0.25, 0.3) is 5.57 Å². The second-order valence-corrected chi connectivity index (χ2v) is 5.36. The largest absolute Gasteiger partial charge is 0.466 e. The summed E-state index contributed by atoms with van der Waals surface area (Å²) in [6.45, 7) is 1.61. The summed E-state index contributed by atoms with van der Waals surface area (Å²) in [6, 6.07) is 8.05. The fourth-order valence-electron chi connectivity index (χ4n) is 2.20. The molecule has 2 rings (SSSR count). The van der Waals surface area contributed by atoms with Gasteiger partial charge < -0.3 is 9.64 Å². The monoisotopic (exact) mass is 309 g/mol. The van der Waals surface area contributed by atoms with Crippen LogP contribution in [0.3, 0.4) is 0 Å². The molecule has 1 aliphatic rings. The SMILES string of the molecule is COC(=O)C1=C(c2cccc(Br)c2)CCN(C)C1. The number of hydrogen-bond donors (Lipinski definition) is 0. The number of hydrogen-bond acceptors (Lipinski definition) is 3. The zero-order valence-electron chi connectivity index (χ0n) is 10.6. The first-order valence-corrected chi connectivity index (χ1v) is 6.66. The maximum atomic E-state index is 11.9. The first-order valence-electron chi connectivity index (χ1n) is 5.86. The highest BCUT2D eigenvalue weighted by atomic mass is 79.9. The van der Waals surface area contributed by atoms with E-state index in [4.69, 9.17) is 4.74 Å². The Hall–Kier alpha value is -1.13. The molecule has 0 bridgehead atoms. The number of rotatable bonds is 2. The Labute approximate surface area is 116 Å². The van der Waals surface area contributed by atoms with Gasteiger partial charge in [-0.1, -0.05) is 28.1 Å². The molecule has 4 heteroatoms. The van der Waals surface area contributed by atoms with Crippen LogP contribution in [0.1, 0.15) is 12.0 Å². The molecule has 1 heterocycles. The summed E-state index contributed by atoms with van der Waals surface area (Å²) >= 11 is 3.47. The molecule has 0 amide bonds. The Morgan fingerprint density at radius 1 is 1.44 bits per heavy atom. The van der Waals surface area contributed by atoms with Gasteiger partial charge in [-0.05, 0) is 36.7 Å². The molecule has 0 atom stereocenters. The Morgan fingerprint density at radius 2 is 2.22 bits per heavy atom. The topological polar surface area (TPSA) is 29.5 Å². The first-order chi connectivity index (χ1) is 8.61. The summed E-state index contributed by atoms with van der Waals surface area (Å²) in [5.74, 6) is -0.225. The molecule has 0 N–H and O–H groups in total. The molecule has 1 aromatic carbocycles. The van der Waals surface area contributed by atoms with E-state index in [1.807, 2.05) is 31.3 Å². The molecule has 0 radical (unpaired) electrons. The van der Waals surface area contributed by atoms with Crippen LogP contribution in [0.4, 0.5) is 0 Å². The van der Waals surface area contributed by atoms with Crippen molar-refractivity contribution in [3.8, 4) is 0 Å². The lowest BCUT2D eigenvalue weighted by Crippen LogP contribution is -2.31. The zero-order chi connectivity index (χ0) is 13.1. The summed E-state index contributed by atoms with van der Waals surface area (Å²) in [5.41, 5.74) is 2.96. The van der Waals surface area contributed by atoms with E-state index < -0.39 is 0 Å². The fourth-order valence-corrected chi connectivity index (χ4v) is 2.60. The van der Waals surface area contributed by atoms with Crippen molar-refractivity contribution in [3.05, 3.63) is 39.9 Å². The maximum Gasteiger partial charge on any atom is 0.335 e. The molecular weight excluding hydrogens is 294 g/mol. The molecule has 0 aromatic heterocycles. The number of methoxy groups -OCH3 is 1. The number of ether oxygens (including phenoxy) is 1. The minimum Gasteiger partial charge on any atom is -0.466 e. The zero-order valence-corrected chi connectivity index (χ0v) is 12.2. The van der Waals surface area contributed by atoms with Crippen molar-refractivity contribution in [1.82, 2.24) is 4.90 Å². The quantitative estimate of drug-likeness (QED) is 0.787. The van der Waals surface area contributed by atoms with Crippen LogP contribution >= 0.6 is 15.9 Å². The number of carbonyl (C=O) groups excluding carboxylic acids is 1. The number of benzene rings is 1. The molecular formula is C14H16BrNO2. The molecule has 0 saturated carbocycles. The number of likely N-dealkylation sites (N-methyl/N-ethyl adjacent to an activating group) is 1. The third kappa shape index (κ3) is 2.82. The van der Waals surface area contributed by atoms with E-state index >= 15 is 0 Å². The molecule has 18 heavy (non-hydrogen) atoms. The van der Waals surface area contributed by atoms with E-state index in [2.05, 4.69) is 20.8 Å². The number of halogens is 1. The Kier molecular flexibility index (Phi) is 4.19. The highest BCUT2D eigenvalue weighted by Crippen LogP contribution is 2.29. The average Bonchev–Trinajstić information content (AvgIpc) is 2.37. The Balaban J connectivity index is 2.46. The maximum absolute atomic E-state index is 11.9. The Morgan fingerprint density at radius 3 is 2.89 bits per heavy atom. The summed E-state index contributed by atoms with van der Waals surface area (Å²) in [6.07, 6.45) is 0.872. The Bertz CT molecular complexity index is 496.